The predicted octanol–water partition coefficient (Wildman–Crippen LogP) is 3.12. The first-order chi connectivity index (χ1) is 14.6. The third-order valence-electron chi connectivity index (χ3n) is 5.26. The summed E-state index contributed by atoms with van der Waals surface area (Å²) in [5, 5.41) is 5.76. The molecule has 3 amide bonds. The van der Waals surface area contributed by atoms with E-state index in [1.54, 1.807) is 17.0 Å². The highest BCUT2D eigenvalue weighted by molar-refractivity contribution is 5.99. The molecule has 0 unspecified atom stereocenters. The van der Waals surface area contributed by atoms with Crippen LogP contribution in [0.2, 0.25) is 0 Å². The summed E-state index contributed by atoms with van der Waals surface area (Å²) >= 11 is 0. The smallest absolute Gasteiger partial charge is 0.319 e. The number of carbonyl (C=O) groups excluding carboxylic acids is 2. The maximum atomic E-state index is 12.8. The van der Waals surface area contributed by atoms with Gasteiger partial charge in [0.05, 0.1) is 13.2 Å². The van der Waals surface area contributed by atoms with Gasteiger partial charge >= 0.3 is 6.03 Å². The van der Waals surface area contributed by atoms with Gasteiger partial charge < -0.3 is 25.2 Å². The van der Waals surface area contributed by atoms with E-state index in [4.69, 9.17) is 4.74 Å². The molecule has 30 heavy (non-hydrogen) atoms. The molecule has 1 aliphatic rings. The molecular weight excluding hydrogens is 380 g/mol. The van der Waals surface area contributed by atoms with Crippen LogP contribution < -0.4 is 15.5 Å². The third kappa shape index (κ3) is 5.73. The molecule has 2 N–H and O–H groups in total. The molecule has 7 nitrogen and oxygen atoms in total. The van der Waals surface area contributed by atoms with Gasteiger partial charge in [-0.15, -0.1) is 0 Å². The lowest BCUT2D eigenvalue weighted by Crippen LogP contribution is -2.41. The molecule has 0 atom stereocenters. The van der Waals surface area contributed by atoms with Crippen molar-refractivity contribution >= 4 is 23.3 Å². The number of nitrogens with zero attached hydrogens (tertiary/aromatic N) is 2. The van der Waals surface area contributed by atoms with E-state index < -0.39 is 0 Å². The molecule has 0 aliphatic carbocycles. The first-order valence-electron chi connectivity index (χ1n) is 10.3. The Morgan fingerprint density at radius 2 is 1.80 bits per heavy atom. The SMILES string of the molecule is Cc1c(NC(=O)NCCCN(C)c2ccccc2)cccc1C(=O)N1CCOCC1. The first-order valence-corrected chi connectivity index (χ1v) is 10.3. The topological polar surface area (TPSA) is 73.9 Å². The highest BCUT2D eigenvalue weighted by Crippen LogP contribution is 2.21. The number of amides is 3. The molecule has 2 aromatic carbocycles. The van der Waals surface area contributed by atoms with Gasteiger partial charge in [-0.3, -0.25) is 4.79 Å². The number of benzene rings is 2. The molecule has 0 radical (unpaired) electrons. The highest BCUT2D eigenvalue weighted by atomic mass is 16.5. The van der Waals surface area contributed by atoms with Gasteiger partial charge in [-0.05, 0) is 43.2 Å². The maximum Gasteiger partial charge on any atom is 0.319 e. The number of hydrogen-bond donors (Lipinski definition) is 2. The average Bonchev–Trinajstić information content (AvgIpc) is 2.78. The van der Waals surface area contributed by atoms with Crippen molar-refractivity contribution in [2.45, 2.75) is 13.3 Å². The minimum atomic E-state index is -0.267. The van der Waals surface area contributed by atoms with Crippen LogP contribution in [0.15, 0.2) is 48.5 Å². The monoisotopic (exact) mass is 410 g/mol. The lowest BCUT2D eigenvalue weighted by atomic mass is 10.1. The fourth-order valence-corrected chi connectivity index (χ4v) is 3.44. The van der Waals surface area contributed by atoms with Gasteiger partial charge in [-0.1, -0.05) is 24.3 Å². The lowest BCUT2D eigenvalue weighted by Gasteiger charge is -2.27. The van der Waals surface area contributed by atoms with Crippen molar-refractivity contribution in [1.82, 2.24) is 10.2 Å². The molecule has 1 saturated heterocycles. The zero-order valence-corrected chi connectivity index (χ0v) is 17.7. The fourth-order valence-electron chi connectivity index (χ4n) is 3.44. The zero-order valence-electron chi connectivity index (χ0n) is 17.7. The van der Waals surface area contributed by atoms with Gasteiger partial charge in [0.15, 0.2) is 0 Å². The third-order valence-corrected chi connectivity index (χ3v) is 5.26. The van der Waals surface area contributed by atoms with E-state index in [0.29, 0.717) is 44.1 Å². The Morgan fingerprint density at radius 1 is 1.07 bits per heavy atom. The summed E-state index contributed by atoms with van der Waals surface area (Å²) in [6, 6.07) is 15.3. The first kappa shape index (κ1) is 21.6. The second kappa shape index (κ2) is 10.6. The van der Waals surface area contributed by atoms with Crippen molar-refractivity contribution in [3.05, 3.63) is 59.7 Å². The molecule has 160 valence electrons. The van der Waals surface area contributed by atoms with Crippen LogP contribution in [0.1, 0.15) is 22.3 Å². The molecule has 0 spiro atoms. The number of morpholine rings is 1. The number of rotatable bonds is 7. The van der Waals surface area contributed by atoms with Gasteiger partial charge in [0.25, 0.3) is 5.91 Å². The van der Waals surface area contributed by atoms with Crippen LogP contribution in [0.5, 0.6) is 0 Å². The predicted molar refractivity (Wildman–Crippen MR) is 119 cm³/mol. The zero-order chi connectivity index (χ0) is 21.3. The summed E-state index contributed by atoms with van der Waals surface area (Å²) in [5.74, 6) is -0.0243. The summed E-state index contributed by atoms with van der Waals surface area (Å²) in [6.07, 6.45) is 0.827. The van der Waals surface area contributed by atoms with Gasteiger partial charge in [0.1, 0.15) is 0 Å². The van der Waals surface area contributed by atoms with E-state index in [2.05, 4.69) is 27.7 Å². The molecule has 7 heteroatoms. The lowest BCUT2D eigenvalue weighted by molar-refractivity contribution is 0.0302. The number of hydrogen-bond acceptors (Lipinski definition) is 4. The van der Waals surface area contributed by atoms with Crippen LogP contribution >= 0.6 is 0 Å². The van der Waals surface area contributed by atoms with E-state index in [1.807, 2.05) is 38.2 Å². The molecular formula is C23H30N4O3. The van der Waals surface area contributed by atoms with E-state index in [0.717, 1.165) is 24.2 Å². The quantitative estimate of drug-likeness (QED) is 0.688. The molecule has 0 saturated carbocycles. The minimum Gasteiger partial charge on any atom is -0.378 e. The number of urea groups is 1. The van der Waals surface area contributed by atoms with E-state index in [9.17, 15) is 9.59 Å². The van der Waals surface area contributed by atoms with Gasteiger partial charge in [0, 0.05) is 50.2 Å². The molecule has 3 rings (SSSR count). The summed E-state index contributed by atoms with van der Waals surface area (Å²) in [5.41, 5.74) is 3.18. The van der Waals surface area contributed by atoms with Crippen LogP contribution in [0.25, 0.3) is 0 Å². The van der Waals surface area contributed by atoms with Crippen LogP contribution in [-0.2, 0) is 4.74 Å². The van der Waals surface area contributed by atoms with E-state index >= 15 is 0 Å². The Balaban J connectivity index is 1.48. The van der Waals surface area contributed by atoms with Crippen LogP contribution in [-0.4, -0.2) is 63.3 Å². The van der Waals surface area contributed by atoms with Crippen molar-refractivity contribution in [1.29, 1.82) is 0 Å². The van der Waals surface area contributed by atoms with Crippen LogP contribution in [0.3, 0.4) is 0 Å². The Labute approximate surface area is 178 Å². The van der Waals surface area contributed by atoms with Crippen molar-refractivity contribution in [2.24, 2.45) is 0 Å². The van der Waals surface area contributed by atoms with Crippen molar-refractivity contribution in [3.63, 3.8) is 0 Å². The summed E-state index contributed by atoms with van der Waals surface area (Å²) in [7, 11) is 2.04. The Kier molecular flexibility index (Phi) is 7.68. The molecule has 0 aromatic heterocycles. The number of nitrogens with one attached hydrogen (secondary N) is 2. The van der Waals surface area contributed by atoms with Gasteiger partial charge in [0.2, 0.25) is 0 Å². The number of carbonyl (C=O) groups is 2. The molecule has 2 aromatic rings. The molecule has 1 fully saturated rings. The molecule has 1 heterocycles. The van der Waals surface area contributed by atoms with Gasteiger partial charge in [-0.25, -0.2) is 4.79 Å². The number of ether oxygens (including phenoxy) is 1. The number of anilines is 2. The molecule has 0 bridgehead atoms. The normalized spacial score (nSPS) is 13.6. The summed E-state index contributed by atoms with van der Waals surface area (Å²) in [6.45, 7) is 5.57. The Bertz CT molecular complexity index is 851. The summed E-state index contributed by atoms with van der Waals surface area (Å²) < 4.78 is 5.32. The molecule has 1 aliphatic heterocycles. The van der Waals surface area contributed by atoms with Crippen molar-refractivity contribution in [3.8, 4) is 0 Å². The highest BCUT2D eigenvalue weighted by Gasteiger charge is 2.21. The standard InChI is InChI=1S/C23H30N4O3/c1-18-20(22(28)27-14-16-30-17-15-27)10-6-11-21(18)25-23(29)24-12-7-13-26(2)19-8-4-3-5-9-19/h3-6,8-11H,7,12-17H2,1-2H3,(H2,24,25,29). The van der Waals surface area contributed by atoms with Gasteiger partial charge in [-0.2, -0.15) is 0 Å². The average molecular weight is 411 g/mol. The Morgan fingerprint density at radius 3 is 2.53 bits per heavy atom. The minimum absolute atomic E-state index is 0.0243. The fraction of sp³-hybridized carbons (Fsp3) is 0.391. The maximum absolute atomic E-state index is 12.8. The van der Waals surface area contributed by atoms with Crippen LogP contribution in [0.4, 0.5) is 16.2 Å². The number of para-hydroxylation sites is 1. The largest absolute Gasteiger partial charge is 0.378 e. The Hall–Kier alpha value is -3.06. The summed E-state index contributed by atoms with van der Waals surface area (Å²) in [4.78, 5) is 29.0. The van der Waals surface area contributed by atoms with E-state index in [-0.39, 0.29) is 11.9 Å². The van der Waals surface area contributed by atoms with Crippen molar-refractivity contribution < 1.29 is 14.3 Å². The van der Waals surface area contributed by atoms with Crippen molar-refractivity contribution in [2.75, 3.05) is 56.7 Å². The van der Waals surface area contributed by atoms with E-state index in [1.165, 1.54) is 0 Å². The second-order valence-electron chi connectivity index (χ2n) is 7.37. The second-order valence-corrected chi connectivity index (χ2v) is 7.37. The van der Waals surface area contributed by atoms with Crippen LogP contribution in [0, 0.1) is 6.92 Å².